The van der Waals surface area contributed by atoms with Gasteiger partial charge in [0, 0.05) is 11.6 Å². The van der Waals surface area contributed by atoms with Gasteiger partial charge in [-0.3, -0.25) is 0 Å². The Morgan fingerprint density at radius 2 is 1.94 bits per heavy atom. The van der Waals surface area contributed by atoms with Crippen LogP contribution in [-0.2, 0) is 0 Å². The van der Waals surface area contributed by atoms with E-state index in [0.29, 0.717) is 0 Å². The Labute approximate surface area is 96.9 Å². The first-order valence-corrected chi connectivity index (χ1v) is 5.76. The Hall–Kier alpha value is -1.44. The van der Waals surface area contributed by atoms with E-state index in [1.54, 1.807) is 14.2 Å². The van der Waals surface area contributed by atoms with E-state index in [2.05, 4.69) is 12.1 Å². The molecule has 1 aromatic rings. The van der Waals surface area contributed by atoms with Crippen LogP contribution >= 0.6 is 0 Å². The van der Waals surface area contributed by atoms with Crippen LogP contribution in [0.15, 0.2) is 24.3 Å². The van der Waals surface area contributed by atoms with Gasteiger partial charge in [-0.15, -0.1) is 0 Å². The molecule has 0 radical (unpaired) electrons. The molecule has 0 unspecified atom stereocenters. The molecular formula is C14H18O2. The Morgan fingerprint density at radius 3 is 2.56 bits per heavy atom. The molecule has 0 saturated carbocycles. The average molecular weight is 218 g/mol. The lowest BCUT2D eigenvalue weighted by molar-refractivity contribution is 0.393. The molecule has 0 spiro atoms. The first-order valence-electron chi connectivity index (χ1n) is 5.76. The second-order valence-corrected chi connectivity index (χ2v) is 4.04. The summed E-state index contributed by atoms with van der Waals surface area (Å²) >= 11 is 0. The third kappa shape index (κ3) is 2.21. The third-order valence-electron chi connectivity index (χ3n) is 3.05. The van der Waals surface area contributed by atoms with Gasteiger partial charge < -0.3 is 9.47 Å². The van der Waals surface area contributed by atoms with E-state index in [4.69, 9.17) is 9.47 Å². The Kier molecular flexibility index (Phi) is 3.50. The van der Waals surface area contributed by atoms with Gasteiger partial charge in [-0.25, -0.2) is 0 Å². The first kappa shape index (κ1) is 11.1. The van der Waals surface area contributed by atoms with Crippen LogP contribution in [0.25, 0.3) is 5.57 Å². The quantitative estimate of drug-likeness (QED) is 0.770. The van der Waals surface area contributed by atoms with Crippen LogP contribution in [0, 0.1) is 0 Å². The molecule has 2 heteroatoms. The van der Waals surface area contributed by atoms with E-state index in [9.17, 15) is 0 Å². The van der Waals surface area contributed by atoms with Gasteiger partial charge in [0.2, 0.25) is 0 Å². The zero-order valence-electron chi connectivity index (χ0n) is 9.95. The molecule has 1 aromatic carbocycles. The smallest absolute Gasteiger partial charge is 0.130 e. The summed E-state index contributed by atoms with van der Waals surface area (Å²) in [6.45, 7) is 0. The number of benzene rings is 1. The van der Waals surface area contributed by atoms with Crippen molar-refractivity contribution in [3.8, 4) is 11.5 Å². The maximum absolute atomic E-state index is 5.42. The largest absolute Gasteiger partial charge is 0.497 e. The van der Waals surface area contributed by atoms with Crippen molar-refractivity contribution < 1.29 is 9.47 Å². The molecule has 1 aliphatic rings. The van der Waals surface area contributed by atoms with E-state index in [1.807, 2.05) is 12.1 Å². The number of rotatable bonds is 3. The predicted octanol–water partition coefficient (Wildman–Crippen LogP) is 3.66. The molecule has 1 aliphatic carbocycles. The lowest BCUT2D eigenvalue weighted by Gasteiger charge is -2.16. The van der Waals surface area contributed by atoms with Gasteiger partial charge in [-0.05, 0) is 43.4 Å². The van der Waals surface area contributed by atoms with Crippen molar-refractivity contribution in [3.63, 3.8) is 0 Å². The Balaban J connectivity index is 2.35. The summed E-state index contributed by atoms with van der Waals surface area (Å²) in [7, 11) is 3.38. The topological polar surface area (TPSA) is 18.5 Å². The van der Waals surface area contributed by atoms with Gasteiger partial charge in [0.25, 0.3) is 0 Å². The summed E-state index contributed by atoms with van der Waals surface area (Å²) in [5.41, 5.74) is 2.62. The van der Waals surface area contributed by atoms with Gasteiger partial charge in [-0.2, -0.15) is 0 Å². The highest BCUT2D eigenvalue weighted by atomic mass is 16.5. The summed E-state index contributed by atoms with van der Waals surface area (Å²) in [5.74, 6) is 1.75. The van der Waals surface area contributed by atoms with E-state index in [-0.39, 0.29) is 0 Å². The van der Waals surface area contributed by atoms with E-state index >= 15 is 0 Å². The number of allylic oxidation sites excluding steroid dienone is 2. The highest BCUT2D eigenvalue weighted by Gasteiger charge is 2.11. The summed E-state index contributed by atoms with van der Waals surface area (Å²) in [4.78, 5) is 0. The molecule has 0 heterocycles. The van der Waals surface area contributed by atoms with Crippen LogP contribution in [0.4, 0.5) is 0 Å². The van der Waals surface area contributed by atoms with Gasteiger partial charge in [0.05, 0.1) is 14.2 Å². The highest BCUT2D eigenvalue weighted by molar-refractivity contribution is 5.71. The van der Waals surface area contributed by atoms with Crippen molar-refractivity contribution in [2.24, 2.45) is 0 Å². The molecule has 86 valence electrons. The van der Waals surface area contributed by atoms with Crippen molar-refractivity contribution in [3.05, 3.63) is 29.8 Å². The standard InChI is InChI=1S/C14H18O2/c1-15-12-8-9-13(14(10-12)16-2)11-6-4-3-5-7-11/h6,8-10H,3-5,7H2,1-2H3. The van der Waals surface area contributed by atoms with Crippen LogP contribution in [0.1, 0.15) is 31.2 Å². The third-order valence-corrected chi connectivity index (χ3v) is 3.05. The maximum Gasteiger partial charge on any atom is 0.130 e. The zero-order valence-corrected chi connectivity index (χ0v) is 9.95. The van der Waals surface area contributed by atoms with Gasteiger partial charge in [-0.1, -0.05) is 6.08 Å². The van der Waals surface area contributed by atoms with Crippen LogP contribution in [0.5, 0.6) is 11.5 Å². The molecule has 0 N–H and O–H groups in total. The van der Waals surface area contributed by atoms with E-state index < -0.39 is 0 Å². The van der Waals surface area contributed by atoms with E-state index in [0.717, 1.165) is 17.9 Å². The van der Waals surface area contributed by atoms with Crippen molar-refractivity contribution >= 4 is 5.57 Å². The minimum atomic E-state index is 0.844. The molecule has 0 saturated heterocycles. The van der Waals surface area contributed by atoms with Crippen molar-refractivity contribution in [2.75, 3.05) is 14.2 Å². The fourth-order valence-electron chi connectivity index (χ4n) is 2.15. The van der Waals surface area contributed by atoms with Crippen LogP contribution in [0.3, 0.4) is 0 Å². The molecule has 16 heavy (non-hydrogen) atoms. The number of methoxy groups -OCH3 is 2. The second kappa shape index (κ2) is 5.06. The molecule has 2 rings (SSSR count). The maximum atomic E-state index is 5.42. The zero-order chi connectivity index (χ0) is 11.4. The summed E-state index contributed by atoms with van der Waals surface area (Å²) in [5, 5.41) is 0. The number of hydrogen-bond acceptors (Lipinski definition) is 2. The number of hydrogen-bond donors (Lipinski definition) is 0. The Morgan fingerprint density at radius 1 is 1.06 bits per heavy atom. The molecule has 0 bridgehead atoms. The molecule has 0 fully saturated rings. The van der Waals surface area contributed by atoms with E-state index in [1.165, 1.54) is 30.4 Å². The molecule has 0 aliphatic heterocycles. The van der Waals surface area contributed by atoms with Crippen LogP contribution < -0.4 is 9.47 Å². The average Bonchev–Trinajstić information content (AvgIpc) is 2.39. The SMILES string of the molecule is COc1ccc(C2=CCCCC2)c(OC)c1. The molecular weight excluding hydrogens is 200 g/mol. The Bertz CT molecular complexity index is 394. The van der Waals surface area contributed by atoms with Crippen molar-refractivity contribution in [1.29, 1.82) is 0 Å². The highest BCUT2D eigenvalue weighted by Crippen LogP contribution is 2.34. The minimum absolute atomic E-state index is 0.844. The summed E-state index contributed by atoms with van der Waals surface area (Å²) in [6, 6.07) is 6.03. The monoisotopic (exact) mass is 218 g/mol. The summed E-state index contributed by atoms with van der Waals surface area (Å²) < 4.78 is 10.6. The lowest BCUT2D eigenvalue weighted by Crippen LogP contribution is -1.96. The molecule has 0 aromatic heterocycles. The number of ether oxygens (including phenoxy) is 2. The van der Waals surface area contributed by atoms with Crippen LogP contribution in [-0.4, -0.2) is 14.2 Å². The lowest BCUT2D eigenvalue weighted by atomic mass is 9.93. The van der Waals surface area contributed by atoms with Crippen molar-refractivity contribution in [1.82, 2.24) is 0 Å². The summed E-state index contributed by atoms with van der Waals surface area (Å²) in [6.07, 6.45) is 7.25. The van der Waals surface area contributed by atoms with Crippen LogP contribution in [0.2, 0.25) is 0 Å². The predicted molar refractivity (Wildman–Crippen MR) is 66.0 cm³/mol. The molecule has 0 amide bonds. The fraction of sp³-hybridized carbons (Fsp3) is 0.429. The molecule has 2 nitrogen and oxygen atoms in total. The molecule has 0 atom stereocenters. The first-order chi connectivity index (χ1) is 7.85. The minimum Gasteiger partial charge on any atom is -0.497 e. The van der Waals surface area contributed by atoms with Crippen molar-refractivity contribution in [2.45, 2.75) is 25.7 Å². The van der Waals surface area contributed by atoms with Gasteiger partial charge in [0.15, 0.2) is 0 Å². The second-order valence-electron chi connectivity index (χ2n) is 4.04. The normalized spacial score (nSPS) is 15.5. The van der Waals surface area contributed by atoms with Gasteiger partial charge in [0.1, 0.15) is 11.5 Å². The van der Waals surface area contributed by atoms with Gasteiger partial charge >= 0.3 is 0 Å². The fourth-order valence-corrected chi connectivity index (χ4v) is 2.15.